The van der Waals surface area contributed by atoms with E-state index < -0.39 is 0 Å². The number of nitrogens with zero attached hydrogens (tertiary/aromatic N) is 1. The van der Waals surface area contributed by atoms with Crippen LogP contribution in [0.3, 0.4) is 0 Å². The summed E-state index contributed by atoms with van der Waals surface area (Å²) >= 11 is 0. The van der Waals surface area contributed by atoms with Crippen LogP contribution in [0, 0.1) is 0 Å². The van der Waals surface area contributed by atoms with E-state index in [2.05, 4.69) is 51.9 Å². The molecule has 0 rings (SSSR count). The third-order valence-corrected chi connectivity index (χ3v) is 2.30. The maximum absolute atomic E-state index is 5.52. The van der Waals surface area contributed by atoms with Gasteiger partial charge in [0.15, 0.2) is 0 Å². The fourth-order valence-corrected chi connectivity index (χ4v) is 1.37. The van der Waals surface area contributed by atoms with E-state index >= 15 is 0 Å². The van der Waals surface area contributed by atoms with E-state index in [1.807, 2.05) is 0 Å². The molecule has 0 bridgehead atoms. The Bertz CT molecular complexity index is 164. The first-order chi connectivity index (χ1) is 7.31. The van der Waals surface area contributed by atoms with Gasteiger partial charge in [-0.15, -0.1) is 0 Å². The molecular formula is C13H30N2O. The van der Waals surface area contributed by atoms with Crippen molar-refractivity contribution in [2.24, 2.45) is 0 Å². The molecule has 0 saturated carbocycles. The van der Waals surface area contributed by atoms with Crippen molar-refractivity contribution in [2.45, 2.75) is 52.7 Å². The zero-order chi connectivity index (χ0) is 12.6. The summed E-state index contributed by atoms with van der Waals surface area (Å²) in [6.45, 7) is 14.8. The molecular weight excluding hydrogens is 200 g/mol. The molecule has 0 saturated heterocycles. The van der Waals surface area contributed by atoms with Gasteiger partial charge in [-0.2, -0.15) is 0 Å². The van der Waals surface area contributed by atoms with Crippen LogP contribution in [0.25, 0.3) is 0 Å². The Morgan fingerprint density at radius 2 is 1.81 bits per heavy atom. The van der Waals surface area contributed by atoms with Crippen LogP contribution in [0.4, 0.5) is 0 Å². The molecule has 1 N–H and O–H groups in total. The predicted molar refractivity (Wildman–Crippen MR) is 71.0 cm³/mol. The molecule has 0 aliphatic heterocycles. The van der Waals surface area contributed by atoms with E-state index in [1.54, 1.807) is 0 Å². The van der Waals surface area contributed by atoms with Gasteiger partial charge in [0, 0.05) is 12.1 Å². The van der Waals surface area contributed by atoms with Gasteiger partial charge in [0.25, 0.3) is 0 Å². The zero-order valence-electron chi connectivity index (χ0n) is 12.0. The number of likely N-dealkylation sites (N-methyl/N-ethyl adjacent to an activating group) is 1. The first-order valence-electron chi connectivity index (χ1n) is 6.36. The maximum atomic E-state index is 5.52. The van der Waals surface area contributed by atoms with Gasteiger partial charge < -0.3 is 15.0 Å². The Morgan fingerprint density at radius 3 is 2.31 bits per heavy atom. The van der Waals surface area contributed by atoms with Gasteiger partial charge in [-0.25, -0.2) is 0 Å². The van der Waals surface area contributed by atoms with Crippen LogP contribution in [-0.2, 0) is 4.74 Å². The van der Waals surface area contributed by atoms with Crippen LogP contribution in [0.15, 0.2) is 0 Å². The van der Waals surface area contributed by atoms with Gasteiger partial charge >= 0.3 is 0 Å². The van der Waals surface area contributed by atoms with E-state index in [4.69, 9.17) is 4.74 Å². The summed E-state index contributed by atoms with van der Waals surface area (Å²) in [7, 11) is 2.15. The summed E-state index contributed by atoms with van der Waals surface area (Å²) in [6, 6.07) is 0. The van der Waals surface area contributed by atoms with Gasteiger partial charge in [-0.05, 0) is 61.2 Å². The van der Waals surface area contributed by atoms with Crippen molar-refractivity contribution in [3.8, 4) is 0 Å². The zero-order valence-corrected chi connectivity index (χ0v) is 12.0. The highest BCUT2D eigenvalue weighted by Crippen LogP contribution is 1.98. The van der Waals surface area contributed by atoms with Crippen LogP contribution in [-0.4, -0.2) is 49.8 Å². The highest BCUT2D eigenvalue weighted by molar-refractivity contribution is 4.70. The van der Waals surface area contributed by atoms with Crippen molar-refractivity contribution < 1.29 is 4.74 Å². The molecule has 0 aromatic heterocycles. The van der Waals surface area contributed by atoms with Gasteiger partial charge in [0.2, 0.25) is 0 Å². The number of hydrogen-bond acceptors (Lipinski definition) is 3. The fraction of sp³-hybridized carbons (Fsp3) is 1.00. The molecule has 0 aromatic rings. The largest absolute Gasteiger partial charge is 0.377 e. The minimum Gasteiger partial charge on any atom is -0.377 e. The molecule has 0 aliphatic carbocycles. The second-order valence-corrected chi connectivity index (χ2v) is 5.75. The van der Waals surface area contributed by atoms with Crippen LogP contribution in [0.1, 0.15) is 41.0 Å². The summed E-state index contributed by atoms with van der Waals surface area (Å²) < 4.78 is 5.52. The van der Waals surface area contributed by atoms with Crippen molar-refractivity contribution in [3.05, 3.63) is 0 Å². The highest BCUT2D eigenvalue weighted by Gasteiger charge is 2.07. The molecule has 3 nitrogen and oxygen atoms in total. The molecule has 0 aromatic carbocycles. The van der Waals surface area contributed by atoms with E-state index in [9.17, 15) is 0 Å². The second-order valence-electron chi connectivity index (χ2n) is 5.75. The first-order valence-corrected chi connectivity index (χ1v) is 6.36. The first kappa shape index (κ1) is 15.9. The van der Waals surface area contributed by atoms with Crippen LogP contribution in [0.2, 0.25) is 0 Å². The van der Waals surface area contributed by atoms with E-state index in [0.29, 0.717) is 6.10 Å². The maximum Gasteiger partial charge on any atom is 0.0596 e. The third-order valence-electron chi connectivity index (χ3n) is 2.30. The number of rotatable bonds is 8. The Kier molecular flexibility index (Phi) is 7.98. The molecule has 0 fully saturated rings. The summed E-state index contributed by atoms with van der Waals surface area (Å²) in [5.41, 5.74) is 0.235. The molecule has 0 spiro atoms. The standard InChI is InChI=1S/C13H30N2O/c1-12(2)16-11-10-15(6)9-7-8-14-13(3,4)5/h12,14H,7-11H2,1-6H3. The Morgan fingerprint density at radius 1 is 1.19 bits per heavy atom. The molecule has 0 atom stereocenters. The smallest absolute Gasteiger partial charge is 0.0596 e. The SMILES string of the molecule is CC(C)OCCN(C)CCCNC(C)(C)C. The van der Waals surface area contributed by atoms with Crippen LogP contribution < -0.4 is 5.32 Å². The summed E-state index contributed by atoms with van der Waals surface area (Å²) in [5, 5.41) is 3.49. The quantitative estimate of drug-likeness (QED) is 0.646. The van der Waals surface area contributed by atoms with Crippen molar-refractivity contribution in [3.63, 3.8) is 0 Å². The average Bonchev–Trinajstić information content (AvgIpc) is 2.10. The molecule has 0 aliphatic rings. The minimum absolute atomic E-state index is 0.235. The van der Waals surface area contributed by atoms with Crippen LogP contribution in [0.5, 0.6) is 0 Å². The van der Waals surface area contributed by atoms with Crippen molar-refractivity contribution in [2.75, 3.05) is 33.3 Å². The topological polar surface area (TPSA) is 24.5 Å². The molecule has 98 valence electrons. The molecule has 0 radical (unpaired) electrons. The normalized spacial score (nSPS) is 12.8. The Labute approximate surface area is 102 Å². The number of hydrogen-bond donors (Lipinski definition) is 1. The molecule has 0 amide bonds. The number of ether oxygens (including phenoxy) is 1. The van der Waals surface area contributed by atoms with Gasteiger partial charge in [-0.3, -0.25) is 0 Å². The lowest BCUT2D eigenvalue weighted by Crippen LogP contribution is -2.37. The second kappa shape index (κ2) is 8.04. The van der Waals surface area contributed by atoms with E-state index in [1.165, 1.54) is 6.42 Å². The molecule has 16 heavy (non-hydrogen) atoms. The third kappa shape index (κ3) is 12.0. The fourth-order valence-electron chi connectivity index (χ4n) is 1.37. The van der Waals surface area contributed by atoms with E-state index in [-0.39, 0.29) is 5.54 Å². The van der Waals surface area contributed by atoms with Crippen molar-refractivity contribution >= 4 is 0 Å². The van der Waals surface area contributed by atoms with Crippen molar-refractivity contribution in [1.82, 2.24) is 10.2 Å². The van der Waals surface area contributed by atoms with Gasteiger partial charge in [0.1, 0.15) is 0 Å². The minimum atomic E-state index is 0.235. The predicted octanol–water partition coefficient (Wildman–Crippen LogP) is 2.12. The van der Waals surface area contributed by atoms with Gasteiger partial charge in [0.05, 0.1) is 12.7 Å². The average molecular weight is 230 g/mol. The number of nitrogens with one attached hydrogen (secondary N) is 1. The van der Waals surface area contributed by atoms with Crippen LogP contribution >= 0.6 is 0 Å². The lowest BCUT2D eigenvalue weighted by molar-refractivity contribution is 0.0636. The highest BCUT2D eigenvalue weighted by atomic mass is 16.5. The summed E-state index contributed by atoms with van der Waals surface area (Å²) in [4.78, 5) is 2.33. The molecule has 0 unspecified atom stereocenters. The monoisotopic (exact) mass is 230 g/mol. The van der Waals surface area contributed by atoms with E-state index in [0.717, 1.165) is 26.2 Å². The molecule has 3 heteroatoms. The van der Waals surface area contributed by atoms with Gasteiger partial charge in [-0.1, -0.05) is 0 Å². The summed E-state index contributed by atoms with van der Waals surface area (Å²) in [5.74, 6) is 0. The Balaban J connectivity index is 3.34. The lowest BCUT2D eigenvalue weighted by atomic mass is 10.1. The summed E-state index contributed by atoms with van der Waals surface area (Å²) in [6.07, 6.45) is 1.53. The lowest BCUT2D eigenvalue weighted by Gasteiger charge is -2.22. The Hall–Kier alpha value is -0.120. The van der Waals surface area contributed by atoms with Crippen molar-refractivity contribution in [1.29, 1.82) is 0 Å². The molecule has 0 heterocycles.